The fourth-order valence-corrected chi connectivity index (χ4v) is 5.32. The van der Waals surface area contributed by atoms with Crippen LogP contribution in [0, 0.1) is 13.8 Å². The molecule has 0 aliphatic rings. The Morgan fingerprint density at radius 2 is 0.886 bits per heavy atom. The van der Waals surface area contributed by atoms with Gasteiger partial charge in [-0.05, 0) is 62.4 Å². The quantitative estimate of drug-likeness (QED) is 0.330. The van der Waals surface area contributed by atoms with Crippen LogP contribution >= 0.6 is 0 Å². The summed E-state index contributed by atoms with van der Waals surface area (Å²) < 4.78 is 66.3. The van der Waals surface area contributed by atoms with E-state index < -0.39 is 20.0 Å². The SMILES string of the molecule is Cc1ccc(S(=O)(=O)NCc2ccc(Cc3ccc(CNS(=O)(=O)c4ccc(C)cc4)o3)o2)cc1. The number of rotatable bonds is 10. The zero-order valence-corrected chi connectivity index (χ0v) is 20.9. The standard InChI is InChI=1S/C25H26N2O6S2/c1-18-3-11-24(12-4-18)34(28,29)26-16-22-9-7-20(32-22)15-21-8-10-23(33-21)17-27-35(30,31)25-13-5-19(2)6-14-25/h3-14,26-27H,15-17H2,1-2H3. The van der Waals surface area contributed by atoms with Crippen LogP contribution in [0.15, 0.2) is 91.4 Å². The summed E-state index contributed by atoms with van der Waals surface area (Å²) in [5, 5.41) is 0. The molecule has 184 valence electrons. The number of benzene rings is 2. The van der Waals surface area contributed by atoms with Gasteiger partial charge in [-0.1, -0.05) is 35.4 Å². The molecule has 0 radical (unpaired) electrons. The van der Waals surface area contributed by atoms with Gasteiger partial charge in [0.25, 0.3) is 0 Å². The summed E-state index contributed by atoms with van der Waals surface area (Å²) in [6.45, 7) is 3.81. The molecule has 10 heteroatoms. The Morgan fingerprint density at radius 3 is 1.26 bits per heavy atom. The monoisotopic (exact) mass is 514 g/mol. The van der Waals surface area contributed by atoms with Gasteiger partial charge >= 0.3 is 0 Å². The van der Waals surface area contributed by atoms with Crippen molar-refractivity contribution in [3.8, 4) is 0 Å². The van der Waals surface area contributed by atoms with Crippen LogP contribution in [0.2, 0.25) is 0 Å². The van der Waals surface area contributed by atoms with Gasteiger partial charge in [0, 0.05) is 0 Å². The highest BCUT2D eigenvalue weighted by Crippen LogP contribution is 2.18. The topological polar surface area (TPSA) is 119 Å². The van der Waals surface area contributed by atoms with Gasteiger partial charge in [0.15, 0.2) is 0 Å². The van der Waals surface area contributed by atoms with Gasteiger partial charge in [0.2, 0.25) is 20.0 Å². The molecule has 0 bridgehead atoms. The first kappa shape index (κ1) is 24.9. The number of hydrogen-bond acceptors (Lipinski definition) is 6. The van der Waals surface area contributed by atoms with E-state index in [-0.39, 0.29) is 22.9 Å². The Balaban J connectivity index is 1.32. The summed E-state index contributed by atoms with van der Waals surface area (Å²) in [4.78, 5) is 0.381. The molecule has 0 amide bonds. The third-order valence-electron chi connectivity index (χ3n) is 5.32. The summed E-state index contributed by atoms with van der Waals surface area (Å²) in [7, 11) is -7.29. The second kappa shape index (κ2) is 10.2. The first-order valence-corrected chi connectivity index (χ1v) is 13.9. The molecular formula is C25H26N2O6S2. The predicted molar refractivity (Wildman–Crippen MR) is 131 cm³/mol. The lowest BCUT2D eigenvalue weighted by Crippen LogP contribution is -2.23. The van der Waals surface area contributed by atoms with Crippen molar-refractivity contribution in [3.63, 3.8) is 0 Å². The molecule has 35 heavy (non-hydrogen) atoms. The van der Waals surface area contributed by atoms with Crippen LogP contribution in [0.25, 0.3) is 0 Å². The second-order valence-electron chi connectivity index (χ2n) is 8.19. The highest BCUT2D eigenvalue weighted by atomic mass is 32.2. The molecule has 0 fully saturated rings. The van der Waals surface area contributed by atoms with Crippen molar-refractivity contribution in [2.24, 2.45) is 0 Å². The summed E-state index contributed by atoms with van der Waals surface area (Å²) in [5.41, 5.74) is 1.95. The second-order valence-corrected chi connectivity index (χ2v) is 11.7. The molecule has 0 spiro atoms. The van der Waals surface area contributed by atoms with Crippen molar-refractivity contribution in [1.29, 1.82) is 0 Å². The average Bonchev–Trinajstić information content (AvgIpc) is 3.47. The number of hydrogen-bond donors (Lipinski definition) is 2. The third kappa shape index (κ3) is 6.49. The van der Waals surface area contributed by atoms with Crippen LogP contribution in [0.3, 0.4) is 0 Å². The Labute approximate surface area is 205 Å². The minimum Gasteiger partial charge on any atom is -0.464 e. The fourth-order valence-electron chi connectivity index (χ4n) is 3.33. The first-order valence-electron chi connectivity index (χ1n) is 10.9. The van der Waals surface area contributed by atoms with Crippen molar-refractivity contribution >= 4 is 20.0 Å². The lowest BCUT2D eigenvalue weighted by Gasteiger charge is -2.06. The van der Waals surface area contributed by atoms with Crippen LogP contribution in [0.1, 0.15) is 34.2 Å². The van der Waals surface area contributed by atoms with Crippen molar-refractivity contribution in [2.45, 2.75) is 43.1 Å². The van der Waals surface area contributed by atoms with E-state index in [0.29, 0.717) is 29.5 Å². The van der Waals surface area contributed by atoms with Gasteiger partial charge in [0.05, 0.1) is 29.3 Å². The predicted octanol–water partition coefficient (Wildman–Crippen LogP) is 4.04. The summed E-state index contributed by atoms with van der Waals surface area (Å²) in [6, 6.07) is 20.1. The lowest BCUT2D eigenvalue weighted by molar-refractivity contribution is 0.429. The lowest BCUT2D eigenvalue weighted by atomic mass is 10.2. The molecule has 0 aliphatic heterocycles. The van der Waals surface area contributed by atoms with Crippen LogP contribution in [0.4, 0.5) is 0 Å². The van der Waals surface area contributed by atoms with Crippen molar-refractivity contribution in [1.82, 2.24) is 9.44 Å². The largest absolute Gasteiger partial charge is 0.464 e. The number of aryl methyl sites for hydroxylation is 2. The number of furan rings is 2. The first-order chi connectivity index (χ1) is 16.6. The Morgan fingerprint density at radius 1 is 0.543 bits per heavy atom. The van der Waals surface area contributed by atoms with Gasteiger partial charge < -0.3 is 8.83 Å². The van der Waals surface area contributed by atoms with E-state index in [0.717, 1.165) is 11.1 Å². The van der Waals surface area contributed by atoms with Crippen molar-refractivity contribution < 1.29 is 25.7 Å². The normalized spacial score (nSPS) is 12.2. The van der Waals surface area contributed by atoms with Gasteiger partial charge in [-0.3, -0.25) is 0 Å². The molecule has 2 heterocycles. The molecule has 0 aliphatic carbocycles. The van der Waals surface area contributed by atoms with Gasteiger partial charge in [-0.2, -0.15) is 0 Å². The minimum atomic E-state index is -3.65. The van der Waals surface area contributed by atoms with Crippen molar-refractivity contribution in [2.75, 3.05) is 0 Å². The summed E-state index contributed by atoms with van der Waals surface area (Å²) in [5.74, 6) is 2.12. The highest BCUT2D eigenvalue weighted by Gasteiger charge is 2.16. The molecule has 2 aromatic carbocycles. The summed E-state index contributed by atoms with van der Waals surface area (Å²) >= 11 is 0. The zero-order valence-electron chi connectivity index (χ0n) is 19.3. The van der Waals surface area contributed by atoms with Crippen LogP contribution < -0.4 is 9.44 Å². The molecule has 2 N–H and O–H groups in total. The van der Waals surface area contributed by atoms with Gasteiger partial charge in [0.1, 0.15) is 23.0 Å². The molecule has 0 saturated carbocycles. The van der Waals surface area contributed by atoms with Crippen LogP contribution in [-0.4, -0.2) is 16.8 Å². The zero-order chi connectivity index (χ0) is 25.1. The maximum absolute atomic E-state index is 12.4. The van der Waals surface area contributed by atoms with E-state index in [9.17, 15) is 16.8 Å². The van der Waals surface area contributed by atoms with E-state index >= 15 is 0 Å². The molecule has 8 nitrogen and oxygen atoms in total. The molecule has 2 aromatic heterocycles. The Bertz CT molecular complexity index is 1380. The van der Waals surface area contributed by atoms with Crippen LogP contribution in [0.5, 0.6) is 0 Å². The molecule has 4 rings (SSSR count). The number of sulfonamides is 2. The molecular weight excluding hydrogens is 488 g/mol. The molecule has 4 aromatic rings. The van der Waals surface area contributed by atoms with Crippen molar-refractivity contribution in [3.05, 3.63) is 107 Å². The molecule has 0 saturated heterocycles. The molecule has 0 unspecified atom stereocenters. The van der Waals surface area contributed by atoms with E-state index in [4.69, 9.17) is 8.83 Å². The fraction of sp³-hybridized carbons (Fsp3) is 0.200. The Kier molecular flexibility index (Phi) is 7.27. The maximum atomic E-state index is 12.4. The van der Waals surface area contributed by atoms with E-state index in [1.54, 1.807) is 72.8 Å². The van der Waals surface area contributed by atoms with Gasteiger partial charge in [-0.25, -0.2) is 26.3 Å². The van der Waals surface area contributed by atoms with E-state index in [1.807, 2.05) is 13.8 Å². The third-order valence-corrected chi connectivity index (χ3v) is 8.15. The minimum absolute atomic E-state index is 0.0143. The maximum Gasteiger partial charge on any atom is 0.240 e. The average molecular weight is 515 g/mol. The van der Waals surface area contributed by atoms with Crippen LogP contribution in [-0.2, 0) is 39.6 Å². The highest BCUT2D eigenvalue weighted by molar-refractivity contribution is 7.89. The van der Waals surface area contributed by atoms with E-state index in [2.05, 4.69) is 9.44 Å². The Hall–Kier alpha value is -3.18. The van der Waals surface area contributed by atoms with E-state index in [1.165, 1.54) is 0 Å². The van der Waals surface area contributed by atoms with Gasteiger partial charge in [-0.15, -0.1) is 0 Å². The summed E-state index contributed by atoms with van der Waals surface area (Å²) in [6.07, 6.45) is 0.343. The molecule has 0 atom stereocenters. The number of nitrogens with one attached hydrogen (secondary N) is 2. The smallest absolute Gasteiger partial charge is 0.240 e.